The SMILES string of the molecule is COC1CCCC(F)C1OC. The van der Waals surface area contributed by atoms with E-state index in [1.165, 1.54) is 7.11 Å². The molecular formula is C8H15FO2. The highest BCUT2D eigenvalue weighted by atomic mass is 19.1. The highest BCUT2D eigenvalue weighted by molar-refractivity contribution is 4.83. The van der Waals surface area contributed by atoms with E-state index >= 15 is 0 Å². The molecule has 1 fully saturated rings. The van der Waals surface area contributed by atoms with Crippen molar-refractivity contribution in [1.29, 1.82) is 0 Å². The molecule has 1 aliphatic rings. The number of rotatable bonds is 2. The van der Waals surface area contributed by atoms with Crippen molar-refractivity contribution in [1.82, 2.24) is 0 Å². The summed E-state index contributed by atoms with van der Waals surface area (Å²) in [4.78, 5) is 0. The lowest BCUT2D eigenvalue weighted by molar-refractivity contribution is -0.0939. The Kier molecular flexibility index (Phi) is 3.27. The van der Waals surface area contributed by atoms with Crippen molar-refractivity contribution >= 4 is 0 Å². The quantitative estimate of drug-likeness (QED) is 0.613. The molecule has 0 N–H and O–H groups in total. The third kappa shape index (κ3) is 1.91. The molecule has 3 atom stereocenters. The Morgan fingerprint density at radius 2 is 1.91 bits per heavy atom. The van der Waals surface area contributed by atoms with E-state index in [4.69, 9.17) is 9.47 Å². The first-order valence-corrected chi connectivity index (χ1v) is 3.99. The van der Waals surface area contributed by atoms with Crippen LogP contribution in [0.3, 0.4) is 0 Å². The Morgan fingerprint density at radius 3 is 2.36 bits per heavy atom. The molecule has 0 spiro atoms. The normalized spacial score (nSPS) is 39.0. The Labute approximate surface area is 66.7 Å². The molecule has 0 aromatic heterocycles. The second kappa shape index (κ2) is 4.02. The van der Waals surface area contributed by atoms with Crippen LogP contribution >= 0.6 is 0 Å². The average molecular weight is 162 g/mol. The van der Waals surface area contributed by atoms with Gasteiger partial charge in [0.15, 0.2) is 0 Å². The first kappa shape index (κ1) is 8.94. The van der Waals surface area contributed by atoms with Gasteiger partial charge in [-0.05, 0) is 19.3 Å². The van der Waals surface area contributed by atoms with Gasteiger partial charge in [-0.3, -0.25) is 0 Å². The minimum atomic E-state index is -0.848. The van der Waals surface area contributed by atoms with Crippen molar-refractivity contribution in [2.45, 2.75) is 37.6 Å². The standard InChI is InChI=1S/C8H15FO2/c1-10-7-5-3-4-6(9)8(7)11-2/h6-8H,3-5H2,1-2H3. The second-order valence-corrected chi connectivity index (χ2v) is 2.92. The first-order chi connectivity index (χ1) is 5.29. The molecule has 0 aliphatic heterocycles. The van der Waals surface area contributed by atoms with E-state index in [9.17, 15) is 4.39 Å². The summed E-state index contributed by atoms with van der Waals surface area (Å²) in [7, 11) is 3.14. The van der Waals surface area contributed by atoms with Crippen molar-refractivity contribution in [3.63, 3.8) is 0 Å². The van der Waals surface area contributed by atoms with Gasteiger partial charge in [-0.2, -0.15) is 0 Å². The van der Waals surface area contributed by atoms with Crippen LogP contribution in [0.5, 0.6) is 0 Å². The maximum atomic E-state index is 13.1. The van der Waals surface area contributed by atoms with E-state index in [1.54, 1.807) is 7.11 Å². The molecular weight excluding hydrogens is 147 g/mol. The van der Waals surface area contributed by atoms with Gasteiger partial charge in [-0.15, -0.1) is 0 Å². The van der Waals surface area contributed by atoms with Crippen molar-refractivity contribution in [3.05, 3.63) is 0 Å². The maximum Gasteiger partial charge on any atom is 0.129 e. The lowest BCUT2D eigenvalue weighted by Gasteiger charge is -2.31. The molecule has 2 nitrogen and oxygen atoms in total. The third-order valence-corrected chi connectivity index (χ3v) is 2.27. The van der Waals surface area contributed by atoms with Crippen LogP contribution in [0.25, 0.3) is 0 Å². The van der Waals surface area contributed by atoms with E-state index in [1.807, 2.05) is 0 Å². The fourth-order valence-corrected chi connectivity index (χ4v) is 1.63. The van der Waals surface area contributed by atoms with Gasteiger partial charge in [0, 0.05) is 14.2 Å². The van der Waals surface area contributed by atoms with Gasteiger partial charge in [0.25, 0.3) is 0 Å². The molecule has 0 radical (unpaired) electrons. The Morgan fingerprint density at radius 1 is 1.18 bits per heavy atom. The minimum Gasteiger partial charge on any atom is -0.379 e. The molecule has 1 saturated carbocycles. The summed E-state index contributed by atoms with van der Waals surface area (Å²) in [5, 5.41) is 0. The zero-order valence-corrected chi connectivity index (χ0v) is 7.05. The van der Waals surface area contributed by atoms with Gasteiger partial charge in [0.2, 0.25) is 0 Å². The first-order valence-electron chi connectivity index (χ1n) is 3.99. The van der Waals surface area contributed by atoms with Crippen molar-refractivity contribution in [2.24, 2.45) is 0 Å². The number of hydrogen-bond acceptors (Lipinski definition) is 2. The van der Waals surface area contributed by atoms with E-state index in [0.717, 1.165) is 12.8 Å². The van der Waals surface area contributed by atoms with E-state index in [0.29, 0.717) is 6.42 Å². The summed E-state index contributed by atoms with van der Waals surface area (Å²) in [5.41, 5.74) is 0. The number of ether oxygens (including phenoxy) is 2. The zero-order chi connectivity index (χ0) is 8.27. The molecule has 0 amide bonds. The van der Waals surface area contributed by atoms with E-state index in [-0.39, 0.29) is 12.2 Å². The monoisotopic (exact) mass is 162 g/mol. The van der Waals surface area contributed by atoms with Gasteiger partial charge in [0.05, 0.1) is 6.10 Å². The molecule has 3 heteroatoms. The highest BCUT2D eigenvalue weighted by Gasteiger charge is 2.33. The highest BCUT2D eigenvalue weighted by Crippen LogP contribution is 2.25. The van der Waals surface area contributed by atoms with Crippen LogP contribution in [-0.2, 0) is 9.47 Å². The largest absolute Gasteiger partial charge is 0.379 e. The zero-order valence-electron chi connectivity index (χ0n) is 7.05. The molecule has 3 unspecified atom stereocenters. The molecule has 0 heterocycles. The van der Waals surface area contributed by atoms with Crippen LogP contribution < -0.4 is 0 Å². The van der Waals surface area contributed by atoms with Gasteiger partial charge in [0.1, 0.15) is 12.3 Å². The molecule has 66 valence electrons. The van der Waals surface area contributed by atoms with Crippen LogP contribution in [0.1, 0.15) is 19.3 Å². The Balaban J connectivity index is 2.48. The predicted molar refractivity (Wildman–Crippen MR) is 40.3 cm³/mol. The van der Waals surface area contributed by atoms with Crippen molar-refractivity contribution < 1.29 is 13.9 Å². The predicted octanol–water partition coefficient (Wildman–Crippen LogP) is 1.54. The summed E-state index contributed by atoms with van der Waals surface area (Å²) in [5.74, 6) is 0. The van der Waals surface area contributed by atoms with Crippen LogP contribution in [-0.4, -0.2) is 32.6 Å². The summed E-state index contributed by atoms with van der Waals surface area (Å²) < 4.78 is 23.2. The summed E-state index contributed by atoms with van der Waals surface area (Å²) in [6.45, 7) is 0. The lowest BCUT2D eigenvalue weighted by atomic mass is 9.93. The lowest BCUT2D eigenvalue weighted by Crippen LogP contribution is -2.41. The van der Waals surface area contributed by atoms with Gasteiger partial charge >= 0.3 is 0 Å². The molecule has 0 aromatic rings. The topological polar surface area (TPSA) is 18.5 Å². The smallest absolute Gasteiger partial charge is 0.129 e. The molecule has 0 saturated heterocycles. The summed E-state index contributed by atoms with van der Waals surface area (Å²) in [6, 6.07) is 0. The molecule has 0 aromatic carbocycles. The summed E-state index contributed by atoms with van der Waals surface area (Å²) >= 11 is 0. The number of halogens is 1. The fourth-order valence-electron chi connectivity index (χ4n) is 1.63. The number of methoxy groups -OCH3 is 2. The van der Waals surface area contributed by atoms with Gasteiger partial charge < -0.3 is 9.47 Å². The van der Waals surface area contributed by atoms with Crippen LogP contribution in [0, 0.1) is 0 Å². The molecule has 11 heavy (non-hydrogen) atoms. The van der Waals surface area contributed by atoms with Gasteiger partial charge in [-0.1, -0.05) is 0 Å². The molecule has 1 rings (SSSR count). The Bertz CT molecular complexity index is 119. The van der Waals surface area contributed by atoms with Gasteiger partial charge in [-0.25, -0.2) is 4.39 Å². The van der Waals surface area contributed by atoms with Crippen LogP contribution in [0.2, 0.25) is 0 Å². The maximum absolute atomic E-state index is 13.1. The molecule has 1 aliphatic carbocycles. The van der Waals surface area contributed by atoms with Crippen molar-refractivity contribution in [3.8, 4) is 0 Å². The Hall–Kier alpha value is -0.150. The van der Waals surface area contributed by atoms with Crippen molar-refractivity contribution in [2.75, 3.05) is 14.2 Å². The number of alkyl halides is 1. The minimum absolute atomic E-state index is 0.0521. The molecule has 0 bridgehead atoms. The summed E-state index contributed by atoms with van der Waals surface area (Å²) in [6.07, 6.45) is 1.17. The third-order valence-electron chi connectivity index (χ3n) is 2.27. The number of hydrogen-bond donors (Lipinski definition) is 0. The average Bonchev–Trinajstić information content (AvgIpc) is 2.04. The van der Waals surface area contributed by atoms with Crippen LogP contribution in [0.4, 0.5) is 4.39 Å². The van der Waals surface area contributed by atoms with Crippen LogP contribution in [0.15, 0.2) is 0 Å². The fraction of sp³-hybridized carbons (Fsp3) is 1.00. The van der Waals surface area contributed by atoms with E-state index in [2.05, 4.69) is 0 Å². The second-order valence-electron chi connectivity index (χ2n) is 2.92. The van der Waals surface area contributed by atoms with E-state index < -0.39 is 6.17 Å².